The predicted octanol–water partition coefficient (Wildman–Crippen LogP) is 2.05. The molecule has 0 aliphatic carbocycles. The molecule has 3 unspecified atom stereocenters. The number of nitrogens with zero attached hydrogens (tertiary/aromatic N) is 3. The molecule has 2 aliphatic heterocycles. The Morgan fingerprint density at radius 2 is 1.89 bits per heavy atom. The van der Waals surface area contributed by atoms with E-state index in [-0.39, 0.29) is 47.6 Å². The number of primary amides is 1. The second-order valence-electron chi connectivity index (χ2n) is 8.77. The number of carbonyl (C=O) groups is 1. The minimum absolute atomic E-state index is 0. The van der Waals surface area contributed by atoms with Crippen molar-refractivity contribution in [3.05, 3.63) is 0 Å². The Labute approximate surface area is 187 Å². The number of nitrogens with one attached hydrogen (secondary N) is 1. The van der Waals surface area contributed by atoms with Crippen LogP contribution in [0, 0.1) is 5.92 Å². The summed E-state index contributed by atoms with van der Waals surface area (Å²) in [7, 11) is 0. The number of ether oxygens (including phenoxy) is 1. The molecule has 2 fully saturated rings. The van der Waals surface area contributed by atoms with Crippen LogP contribution in [0.4, 0.5) is 0 Å². The summed E-state index contributed by atoms with van der Waals surface area (Å²) in [6.45, 7) is 16.2. The molecule has 8 heteroatoms. The highest BCUT2D eigenvalue weighted by atomic mass is 127. The number of hydrogen-bond donors (Lipinski definition) is 2. The standard InChI is InChI=1S/C20H39N5O2.HI/c1-6-22-19(24-9-7-8-17(13-24)10-18(21)26)23-14-20(4,5)25-11-15(2)27-16(3)12-25;/h15-17H,6-14H2,1-5H3,(H2,21,26)(H,22,23);1H. The Bertz CT molecular complexity index is 519. The summed E-state index contributed by atoms with van der Waals surface area (Å²) >= 11 is 0. The molecule has 0 aromatic carbocycles. The van der Waals surface area contributed by atoms with Crippen molar-refractivity contribution >= 4 is 35.8 Å². The van der Waals surface area contributed by atoms with E-state index in [1.165, 1.54) is 0 Å². The van der Waals surface area contributed by atoms with Crippen molar-refractivity contribution in [1.29, 1.82) is 0 Å². The summed E-state index contributed by atoms with van der Waals surface area (Å²) in [4.78, 5) is 21.1. The number of carbonyl (C=O) groups excluding carboxylic acids is 1. The fraction of sp³-hybridized carbons (Fsp3) is 0.900. The second-order valence-corrected chi connectivity index (χ2v) is 8.77. The number of nitrogens with two attached hydrogens (primary N) is 1. The molecule has 3 N–H and O–H groups in total. The summed E-state index contributed by atoms with van der Waals surface area (Å²) in [6, 6.07) is 0. The van der Waals surface area contributed by atoms with Gasteiger partial charge < -0.3 is 20.7 Å². The zero-order chi connectivity index (χ0) is 20.0. The van der Waals surface area contributed by atoms with Crippen molar-refractivity contribution < 1.29 is 9.53 Å². The van der Waals surface area contributed by atoms with E-state index in [0.717, 1.165) is 58.1 Å². The van der Waals surface area contributed by atoms with Crippen molar-refractivity contribution in [2.45, 2.75) is 71.6 Å². The lowest BCUT2D eigenvalue weighted by molar-refractivity contribution is -0.119. The van der Waals surface area contributed by atoms with Crippen molar-refractivity contribution in [3.63, 3.8) is 0 Å². The average molecular weight is 509 g/mol. The smallest absolute Gasteiger partial charge is 0.217 e. The fourth-order valence-corrected chi connectivity index (χ4v) is 4.17. The third-order valence-electron chi connectivity index (χ3n) is 5.53. The summed E-state index contributed by atoms with van der Waals surface area (Å²) in [5.41, 5.74) is 5.37. The van der Waals surface area contributed by atoms with Crippen LogP contribution in [0.25, 0.3) is 0 Å². The van der Waals surface area contributed by atoms with Gasteiger partial charge in [-0.15, -0.1) is 24.0 Å². The third-order valence-corrected chi connectivity index (χ3v) is 5.53. The molecule has 7 nitrogen and oxygen atoms in total. The predicted molar refractivity (Wildman–Crippen MR) is 125 cm³/mol. The first kappa shape index (κ1) is 25.4. The summed E-state index contributed by atoms with van der Waals surface area (Å²) in [5, 5.41) is 3.44. The Morgan fingerprint density at radius 3 is 2.46 bits per heavy atom. The molecule has 0 aromatic heterocycles. The minimum atomic E-state index is -0.208. The van der Waals surface area contributed by atoms with Gasteiger partial charge in [-0.05, 0) is 53.4 Å². The van der Waals surface area contributed by atoms with E-state index in [2.05, 4.69) is 49.7 Å². The summed E-state index contributed by atoms with van der Waals surface area (Å²) in [5.74, 6) is 1.07. The molecule has 2 heterocycles. The number of morpholine rings is 1. The first-order chi connectivity index (χ1) is 12.7. The van der Waals surface area contributed by atoms with Gasteiger partial charge >= 0.3 is 0 Å². The minimum Gasteiger partial charge on any atom is -0.373 e. The van der Waals surface area contributed by atoms with Crippen LogP contribution in [-0.4, -0.2) is 78.7 Å². The van der Waals surface area contributed by atoms with Crippen LogP contribution in [0.3, 0.4) is 0 Å². The molecule has 2 aliphatic rings. The number of piperidine rings is 1. The molecule has 1 amide bonds. The van der Waals surface area contributed by atoms with Gasteiger partial charge in [0.05, 0.1) is 18.8 Å². The zero-order valence-corrected chi connectivity index (χ0v) is 20.6. The van der Waals surface area contributed by atoms with Gasteiger partial charge in [-0.25, -0.2) is 0 Å². The van der Waals surface area contributed by atoms with E-state index < -0.39 is 0 Å². The van der Waals surface area contributed by atoms with E-state index in [9.17, 15) is 4.79 Å². The maximum atomic E-state index is 11.3. The van der Waals surface area contributed by atoms with Crippen molar-refractivity contribution in [2.24, 2.45) is 16.6 Å². The van der Waals surface area contributed by atoms with E-state index in [0.29, 0.717) is 12.3 Å². The molecule has 0 radical (unpaired) electrons. The van der Waals surface area contributed by atoms with Crippen molar-refractivity contribution in [3.8, 4) is 0 Å². The molecule has 0 aromatic rings. The number of likely N-dealkylation sites (tertiary alicyclic amines) is 1. The number of halogens is 1. The number of aliphatic imine (C=N–C) groups is 1. The number of amides is 1. The lowest BCUT2D eigenvalue weighted by Gasteiger charge is -2.44. The number of hydrogen-bond acceptors (Lipinski definition) is 4. The topological polar surface area (TPSA) is 83.2 Å². The van der Waals surface area contributed by atoms with Crippen LogP contribution in [0.2, 0.25) is 0 Å². The van der Waals surface area contributed by atoms with Crippen LogP contribution in [0.5, 0.6) is 0 Å². The van der Waals surface area contributed by atoms with Gasteiger partial charge in [0.25, 0.3) is 0 Å². The highest BCUT2D eigenvalue weighted by molar-refractivity contribution is 14.0. The van der Waals surface area contributed by atoms with E-state index >= 15 is 0 Å². The van der Waals surface area contributed by atoms with Crippen LogP contribution in [0.1, 0.15) is 53.9 Å². The Morgan fingerprint density at radius 1 is 1.25 bits per heavy atom. The van der Waals surface area contributed by atoms with Gasteiger partial charge in [0.2, 0.25) is 5.91 Å². The molecule has 0 saturated carbocycles. The maximum Gasteiger partial charge on any atom is 0.217 e. The normalized spacial score (nSPS) is 27.2. The Hall–Kier alpha value is -0.610. The van der Waals surface area contributed by atoms with Gasteiger partial charge in [0.15, 0.2) is 5.96 Å². The van der Waals surface area contributed by atoms with Gasteiger partial charge in [0, 0.05) is 44.7 Å². The number of rotatable bonds is 6. The Balaban J connectivity index is 0.00000392. The monoisotopic (exact) mass is 509 g/mol. The number of guanidine groups is 1. The SMILES string of the molecule is CCNC(=NCC(C)(C)N1CC(C)OC(C)C1)N1CCCC(CC(N)=O)C1.I. The molecule has 164 valence electrons. The van der Waals surface area contributed by atoms with Gasteiger partial charge in [-0.3, -0.25) is 14.7 Å². The molecule has 3 atom stereocenters. The third kappa shape index (κ3) is 7.67. The van der Waals surface area contributed by atoms with Crippen LogP contribution in [-0.2, 0) is 9.53 Å². The molecule has 0 bridgehead atoms. The Kier molecular flexibility index (Phi) is 10.5. The van der Waals surface area contributed by atoms with Crippen LogP contribution in [0.15, 0.2) is 4.99 Å². The fourth-order valence-electron chi connectivity index (χ4n) is 4.17. The van der Waals surface area contributed by atoms with Gasteiger partial charge in [-0.2, -0.15) is 0 Å². The molecular formula is C20H40IN5O2. The van der Waals surface area contributed by atoms with E-state index in [4.69, 9.17) is 15.5 Å². The lowest BCUT2D eigenvalue weighted by atomic mass is 9.95. The molecule has 0 spiro atoms. The van der Waals surface area contributed by atoms with Crippen molar-refractivity contribution in [1.82, 2.24) is 15.1 Å². The highest BCUT2D eigenvalue weighted by Gasteiger charge is 2.33. The first-order valence-electron chi connectivity index (χ1n) is 10.4. The van der Waals surface area contributed by atoms with E-state index in [1.807, 2.05) is 0 Å². The quantitative estimate of drug-likeness (QED) is 0.326. The van der Waals surface area contributed by atoms with Gasteiger partial charge in [0.1, 0.15) is 0 Å². The molecule has 2 rings (SSSR count). The largest absolute Gasteiger partial charge is 0.373 e. The average Bonchev–Trinajstić information content (AvgIpc) is 2.57. The van der Waals surface area contributed by atoms with Crippen molar-refractivity contribution in [2.75, 3.05) is 39.3 Å². The van der Waals surface area contributed by atoms with Crippen LogP contribution >= 0.6 is 24.0 Å². The van der Waals surface area contributed by atoms with Crippen LogP contribution < -0.4 is 11.1 Å². The summed E-state index contributed by atoms with van der Waals surface area (Å²) in [6.07, 6.45) is 3.10. The second kappa shape index (κ2) is 11.5. The maximum absolute atomic E-state index is 11.3. The first-order valence-corrected chi connectivity index (χ1v) is 10.4. The molecular weight excluding hydrogens is 469 g/mol. The van der Waals surface area contributed by atoms with Gasteiger partial charge in [-0.1, -0.05) is 0 Å². The molecule has 28 heavy (non-hydrogen) atoms. The lowest BCUT2D eigenvalue weighted by Crippen LogP contribution is -2.56. The molecule has 2 saturated heterocycles. The zero-order valence-electron chi connectivity index (χ0n) is 18.2. The summed E-state index contributed by atoms with van der Waals surface area (Å²) < 4.78 is 5.88. The van der Waals surface area contributed by atoms with E-state index in [1.54, 1.807) is 0 Å². The highest BCUT2D eigenvalue weighted by Crippen LogP contribution is 2.23.